The number of fused-ring (bicyclic) bond motifs is 2. The van der Waals surface area contributed by atoms with E-state index in [1.165, 1.54) is 4.31 Å². The van der Waals surface area contributed by atoms with E-state index >= 15 is 0 Å². The van der Waals surface area contributed by atoms with Gasteiger partial charge in [0.15, 0.2) is 0 Å². The molecule has 2 aromatic carbocycles. The average Bonchev–Trinajstić information content (AvgIpc) is 3.21. The molecule has 0 amide bonds. The first-order valence-electron chi connectivity index (χ1n) is 8.15. The van der Waals surface area contributed by atoms with E-state index in [2.05, 4.69) is 0 Å². The molecule has 0 saturated carbocycles. The zero-order valence-corrected chi connectivity index (χ0v) is 14.3. The zero-order valence-electron chi connectivity index (χ0n) is 13.5. The fourth-order valence-electron chi connectivity index (χ4n) is 3.41. The Labute approximate surface area is 141 Å². The second-order valence-corrected chi connectivity index (χ2v) is 7.67. The Morgan fingerprint density at radius 3 is 2.58 bits per heavy atom. The molecule has 0 atom stereocenters. The summed E-state index contributed by atoms with van der Waals surface area (Å²) in [6, 6.07) is 11.1. The van der Waals surface area contributed by atoms with Crippen LogP contribution >= 0.6 is 0 Å². The zero-order chi connectivity index (χ0) is 16.7. The molecule has 0 fully saturated rings. The van der Waals surface area contributed by atoms with E-state index in [0.717, 1.165) is 11.1 Å². The number of benzene rings is 2. The normalized spacial score (nSPS) is 15.4. The van der Waals surface area contributed by atoms with Gasteiger partial charge in [-0.25, -0.2) is 8.42 Å². The number of ether oxygens (including phenoxy) is 2. The van der Waals surface area contributed by atoms with Gasteiger partial charge in [0.05, 0.1) is 18.9 Å². The molecule has 0 radical (unpaired) electrons. The molecule has 126 valence electrons. The van der Waals surface area contributed by atoms with E-state index in [-0.39, 0.29) is 4.90 Å². The standard InChI is InChI=1S/C18H19NO4S/c1-2-19(14-6-4-3-5-7-14)24(20,21)18-15-9-11-22-16(15)12-13-8-10-23-17(13)18/h3-7,12H,2,8-11H2,1H3. The number of nitrogens with zero attached hydrogens (tertiary/aromatic N) is 1. The van der Waals surface area contributed by atoms with Gasteiger partial charge in [-0.05, 0) is 25.1 Å². The van der Waals surface area contributed by atoms with E-state index in [0.29, 0.717) is 49.8 Å². The highest BCUT2D eigenvalue weighted by atomic mass is 32.2. The van der Waals surface area contributed by atoms with Crippen molar-refractivity contribution in [2.24, 2.45) is 0 Å². The lowest BCUT2D eigenvalue weighted by Crippen LogP contribution is -2.31. The molecular weight excluding hydrogens is 326 g/mol. The SMILES string of the molecule is CCN(c1ccccc1)S(=O)(=O)c1c2c(cc3c1OCC3)OCC2. The van der Waals surface area contributed by atoms with Crippen LogP contribution in [-0.2, 0) is 22.9 Å². The number of anilines is 1. The van der Waals surface area contributed by atoms with E-state index in [9.17, 15) is 8.42 Å². The molecule has 0 aliphatic carbocycles. The number of sulfonamides is 1. The summed E-state index contributed by atoms with van der Waals surface area (Å²) in [7, 11) is -3.73. The van der Waals surface area contributed by atoms with Crippen LogP contribution in [0.5, 0.6) is 11.5 Å². The first kappa shape index (κ1) is 15.3. The maximum absolute atomic E-state index is 13.5. The van der Waals surface area contributed by atoms with Gasteiger partial charge in [-0.3, -0.25) is 4.31 Å². The molecule has 0 unspecified atom stereocenters. The van der Waals surface area contributed by atoms with Crippen molar-refractivity contribution in [3.8, 4) is 11.5 Å². The third-order valence-electron chi connectivity index (χ3n) is 4.48. The molecule has 2 aromatic rings. The van der Waals surface area contributed by atoms with Crippen molar-refractivity contribution >= 4 is 15.7 Å². The number of para-hydroxylation sites is 1. The summed E-state index contributed by atoms with van der Waals surface area (Å²) in [5, 5.41) is 0. The molecule has 0 aromatic heterocycles. The Balaban J connectivity index is 1.92. The van der Waals surface area contributed by atoms with Gasteiger partial charge in [0.1, 0.15) is 16.4 Å². The summed E-state index contributed by atoms with van der Waals surface area (Å²) in [5.41, 5.74) is 2.31. The van der Waals surface area contributed by atoms with Crippen LogP contribution in [0, 0.1) is 0 Å². The van der Waals surface area contributed by atoms with Gasteiger partial charge >= 0.3 is 0 Å². The van der Waals surface area contributed by atoms with Crippen LogP contribution in [-0.4, -0.2) is 28.2 Å². The average molecular weight is 345 g/mol. The third-order valence-corrected chi connectivity index (χ3v) is 6.48. The topological polar surface area (TPSA) is 55.8 Å². The highest BCUT2D eigenvalue weighted by Crippen LogP contribution is 2.44. The second kappa shape index (κ2) is 5.70. The summed E-state index contributed by atoms with van der Waals surface area (Å²) in [4.78, 5) is 0.288. The summed E-state index contributed by atoms with van der Waals surface area (Å²) < 4.78 is 39.7. The van der Waals surface area contributed by atoms with E-state index in [4.69, 9.17) is 9.47 Å². The Morgan fingerprint density at radius 1 is 1.08 bits per heavy atom. The van der Waals surface area contributed by atoms with Gasteiger partial charge in [0.2, 0.25) is 0 Å². The van der Waals surface area contributed by atoms with Gasteiger partial charge < -0.3 is 9.47 Å². The Kier molecular flexibility index (Phi) is 3.64. The van der Waals surface area contributed by atoms with E-state index < -0.39 is 10.0 Å². The number of rotatable bonds is 4. The minimum absolute atomic E-state index is 0.288. The van der Waals surface area contributed by atoms with Crippen LogP contribution < -0.4 is 13.8 Å². The molecule has 5 nitrogen and oxygen atoms in total. The molecule has 2 aliphatic rings. The smallest absolute Gasteiger partial charge is 0.268 e. The Hall–Kier alpha value is -2.21. The van der Waals surface area contributed by atoms with Gasteiger partial charge in [-0.2, -0.15) is 0 Å². The quantitative estimate of drug-likeness (QED) is 0.855. The first-order chi connectivity index (χ1) is 11.6. The van der Waals surface area contributed by atoms with Gasteiger partial charge in [-0.15, -0.1) is 0 Å². The van der Waals surface area contributed by atoms with Crippen molar-refractivity contribution in [2.75, 3.05) is 24.1 Å². The van der Waals surface area contributed by atoms with Crippen LogP contribution in [0.2, 0.25) is 0 Å². The maximum Gasteiger partial charge on any atom is 0.268 e. The van der Waals surface area contributed by atoms with E-state index in [1.54, 1.807) is 0 Å². The van der Waals surface area contributed by atoms with E-state index in [1.807, 2.05) is 43.3 Å². The minimum Gasteiger partial charge on any atom is -0.493 e. The van der Waals surface area contributed by atoms with Crippen molar-refractivity contribution in [2.45, 2.75) is 24.7 Å². The fourth-order valence-corrected chi connectivity index (χ4v) is 5.31. The lowest BCUT2D eigenvalue weighted by Gasteiger charge is -2.25. The number of hydrogen-bond acceptors (Lipinski definition) is 4. The van der Waals surface area contributed by atoms with Crippen LogP contribution in [0.1, 0.15) is 18.1 Å². The van der Waals surface area contributed by atoms with Gasteiger partial charge in [-0.1, -0.05) is 18.2 Å². The third kappa shape index (κ3) is 2.24. The summed E-state index contributed by atoms with van der Waals surface area (Å²) in [5.74, 6) is 1.19. The fraction of sp³-hybridized carbons (Fsp3) is 0.333. The summed E-state index contributed by atoms with van der Waals surface area (Å²) in [6.07, 6.45) is 1.30. The van der Waals surface area contributed by atoms with Crippen LogP contribution in [0.15, 0.2) is 41.3 Å². The lowest BCUT2D eigenvalue weighted by molar-refractivity contribution is 0.348. The predicted octanol–water partition coefficient (Wildman–Crippen LogP) is 2.77. The first-order valence-corrected chi connectivity index (χ1v) is 9.59. The Bertz CT molecular complexity index is 845. The molecule has 6 heteroatoms. The second-order valence-electron chi connectivity index (χ2n) is 5.87. The largest absolute Gasteiger partial charge is 0.493 e. The Morgan fingerprint density at radius 2 is 1.83 bits per heavy atom. The highest BCUT2D eigenvalue weighted by Gasteiger charge is 2.36. The lowest BCUT2D eigenvalue weighted by atomic mass is 10.1. The molecule has 0 bridgehead atoms. The monoisotopic (exact) mass is 345 g/mol. The molecule has 0 N–H and O–H groups in total. The van der Waals surface area contributed by atoms with Crippen molar-refractivity contribution in [3.05, 3.63) is 47.5 Å². The van der Waals surface area contributed by atoms with Crippen molar-refractivity contribution in [1.29, 1.82) is 0 Å². The van der Waals surface area contributed by atoms with Crippen molar-refractivity contribution < 1.29 is 17.9 Å². The molecule has 2 aliphatic heterocycles. The van der Waals surface area contributed by atoms with Crippen molar-refractivity contribution in [3.63, 3.8) is 0 Å². The predicted molar refractivity (Wildman–Crippen MR) is 91.5 cm³/mol. The van der Waals surface area contributed by atoms with Crippen LogP contribution in [0.4, 0.5) is 5.69 Å². The van der Waals surface area contributed by atoms with Crippen molar-refractivity contribution in [1.82, 2.24) is 0 Å². The highest BCUT2D eigenvalue weighted by molar-refractivity contribution is 7.93. The molecular formula is C18H19NO4S. The minimum atomic E-state index is -3.73. The molecule has 24 heavy (non-hydrogen) atoms. The summed E-state index contributed by atoms with van der Waals surface area (Å²) >= 11 is 0. The molecule has 4 rings (SSSR count). The number of hydrogen-bond donors (Lipinski definition) is 0. The van der Waals surface area contributed by atoms with Gasteiger partial charge in [0, 0.05) is 30.5 Å². The maximum atomic E-state index is 13.5. The molecule has 2 heterocycles. The van der Waals surface area contributed by atoms with Crippen LogP contribution in [0.3, 0.4) is 0 Å². The molecule has 0 spiro atoms. The molecule has 0 saturated heterocycles. The van der Waals surface area contributed by atoms with Gasteiger partial charge in [0.25, 0.3) is 10.0 Å². The van der Waals surface area contributed by atoms with Crippen LogP contribution in [0.25, 0.3) is 0 Å². The summed E-state index contributed by atoms with van der Waals surface area (Å²) in [6.45, 7) is 3.22.